The van der Waals surface area contributed by atoms with Crippen LogP contribution in [0.3, 0.4) is 0 Å². The van der Waals surface area contributed by atoms with E-state index in [2.05, 4.69) is 10.3 Å². The third kappa shape index (κ3) is 4.28. The van der Waals surface area contributed by atoms with Crippen LogP contribution < -0.4 is 11.1 Å². The largest absolute Gasteiger partial charge is 0.379 e. The summed E-state index contributed by atoms with van der Waals surface area (Å²) in [7, 11) is 0. The van der Waals surface area contributed by atoms with Gasteiger partial charge in [0.05, 0.1) is 25.4 Å². The first-order chi connectivity index (χ1) is 11.2. The van der Waals surface area contributed by atoms with Crippen LogP contribution in [-0.4, -0.2) is 36.3 Å². The first-order valence-electron chi connectivity index (χ1n) is 7.47. The lowest BCUT2D eigenvalue weighted by Crippen LogP contribution is -2.50. The Morgan fingerprint density at radius 3 is 3.00 bits per heavy atom. The molecule has 1 saturated heterocycles. The lowest BCUT2D eigenvalue weighted by atomic mass is 10.1. The summed E-state index contributed by atoms with van der Waals surface area (Å²) >= 11 is 1.25. The first kappa shape index (κ1) is 15.9. The van der Waals surface area contributed by atoms with Gasteiger partial charge in [-0.05, 0) is 12.0 Å². The van der Waals surface area contributed by atoms with E-state index >= 15 is 0 Å². The fourth-order valence-electron chi connectivity index (χ4n) is 2.46. The average Bonchev–Trinajstić information content (AvgIpc) is 3.02. The number of nitrogens with one attached hydrogen (secondary N) is 1. The van der Waals surface area contributed by atoms with Gasteiger partial charge in [-0.25, -0.2) is 4.98 Å². The van der Waals surface area contributed by atoms with Crippen LogP contribution in [0.4, 0.5) is 5.13 Å². The number of amides is 1. The van der Waals surface area contributed by atoms with Crippen LogP contribution in [0.5, 0.6) is 0 Å². The zero-order valence-corrected chi connectivity index (χ0v) is 13.4. The number of anilines is 1. The van der Waals surface area contributed by atoms with Crippen LogP contribution >= 0.6 is 11.3 Å². The summed E-state index contributed by atoms with van der Waals surface area (Å²) in [6, 6.07) is 9.78. The Labute approximate surface area is 138 Å². The minimum Gasteiger partial charge on any atom is -0.379 e. The highest BCUT2D eigenvalue weighted by Gasteiger charge is 2.28. The number of carbonyl (C=O) groups excluding carboxylic acids is 1. The van der Waals surface area contributed by atoms with Crippen LogP contribution in [0.25, 0.3) is 0 Å². The molecule has 1 amide bonds. The fourth-order valence-corrected chi connectivity index (χ4v) is 3.01. The van der Waals surface area contributed by atoms with Crippen molar-refractivity contribution in [2.75, 3.05) is 18.9 Å². The molecule has 7 heteroatoms. The molecular weight excluding hydrogens is 314 g/mol. The van der Waals surface area contributed by atoms with Gasteiger partial charge in [-0.15, -0.1) is 11.3 Å². The van der Waals surface area contributed by atoms with Crippen LogP contribution in [0.1, 0.15) is 22.5 Å². The molecule has 0 spiro atoms. The highest BCUT2D eigenvalue weighted by atomic mass is 32.1. The number of carbonyl (C=O) groups is 1. The topological polar surface area (TPSA) is 86.5 Å². The van der Waals surface area contributed by atoms with Gasteiger partial charge >= 0.3 is 0 Å². The van der Waals surface area contributed by atoms with Crippen molar-refractivity contribution in [3.63, 3.8) is 0 Å². The second-order valence-electron chi connectivity index (χ2n) is 5.35. The van der Waals surface area contributed by atoms with E-state index in [4.69, 9.17) is 15.2 Å². The van der Waals surface area contributed by atoms with E-state index in [0.29, 0.717) is 30.6 Å². The zero-order chi connectivity index (χ0) is 16.1. The molecule has 1 aliphatic rings. The summed E-state index contributed by atoms with van der Waals surface area (Å²) in [5.41, 5.74) is 7.01. The van der Waals surface area contributed by atoms with Crippen LogP contribution in [0, 0.1) is 0 Å². The Morgan fingerprint density at radius 2 is 2.26 bits per heavy atom. The fraction of sp³-hybridized carbons (Fsp3) is 0.375. The molecule has 3 rings (SSSR count). The van der Waals surface area contributed by atoms with Gasteiger partial charge in [0.2, 0.25) is 0 Å². The van der Waals surface area contributed by atoms with E-state index < -0.39 is 0 Å². The second-order valence-corrected chi connectivity index (χ2v) is 6.24. The predicted octanol–water partition coefficient (Wildman–Crippen LogP) is 1.83. The van der Waals surface area contributed by atoms with Crippen molar-refractivity contribution in [2.45, 2.75) is 25.2 Å². The summed E-state index contributed by atoms with van der Waals surface area (Å²) in [6.07, 6.45) is 0.667. The molecule has 1 fully saturated rings. The molecule has 2 atom stereocenters. The number of nitrogens with zero attached hydrogens (tertiary/aromatic N) is 1. The number of hydrogen-bond donors (Lipinski definition) is 2. The minimum absolute atomic E-state index is 0.0797. The smallest absolute Gasteiger partial charge is 0.271 e. The van der Waals surface area contributed by atoms with Crippen molar-refractivity contribution in [2.24, 2.45) is 0 Å². The highest BCUT2D eigenvalue weighted by Crippen LogP contribution is 2.16. The molecule has 1 aromatic carbocycles. The maximum atomic E-state index is 12.2. The highest BCUT2D eigenvalue weighted by molar-refractivity contribution is 7.13. The van der Waals surface area contributed by atoms with Gasteiger partial charge in [0.1, 0.15) is 5.69 Å². The lowest BCUT2D eigenvalue weighted by Gasteiger charge is -2.32. The molecule has 23 heavy (non-hydrogen) atoms. The van der Waals surface area contributed by atoms with Gasteiger partial charge in [0.25, 0.3) is 5.91 Å². The molecule has 0 radical (unpaired) electrons. The van der Waals surface area contributed by atoms with Crippen LogP contribution in [-0.2, 0) is 16.1 Å². The van der Waals surface area contributed by atoms with E-state index in [1.807, 2.05) is 30.3 Å². The average molecular weight is 333 g/mol. The van der Waals surface area contributed by atoms with Gasteiger partial charge < -0.3 is 20.5 Å². The van der Waals surface area contributed by atoms with Crippen molar-refractivity contribution in [3.8, 4) is 0 Å². The summed E-state index contributed by atoms with van der Waals surface area (Å²) in [4.78, 5) is 16.2. The molecular formula is C16H19N3O3S. The number of thiazole rings is 1. The summed E-state index contributed by atoms with van der Waals surface area (Å²) < 4.78 is 11.5. The van der Waals surface area contributed by atoms with Crippen molar-refractivity contribution in [1.82, 2.24) is 10.3 Å². The molecule has 2 heterocycles. The lowest BCUT2D eigenvalue weighted by molar-refractivity contribution is -0.0605. The second kappa shape index (κ2) is 7.54. The molecule has 0 aliphatic carbocycles. The Balaban J connectivity index is 1.58. The number of nitrogens with two attached hydrogens (primary N) is 1. The van der Waals surface area contributed by atoms with Crippen LogP contribution in [0.15, 0.2) is 35.7 Å². The SMILES string of the molecule is Nc1nc(C(=O)N[C@@H]2COCC[C@@H]2OCc2ccccc2)cs1. The van der Waals surface area contributed by atoms with E-state index in [0.717, 1.165) is 12.0 Å². The number of hydrogen-bond acceptors (Lipinski definition) is 6. The molecule has 1 aromatic heterocycles. The number of aromatic nitrogens is 1. The van der Waals surface area contributed by atoms with Gasteiger partial charge in [-0.3, -0.25) is 4.79 Å². The maximum absolute atomic E-state index is 12.2. The number of nitrogen functional groups attached to an aromatic ring is 1. The molecule has 6 nitrogen and oxygen atoms in total. The molecule has 122 valence electrons. The van der Waals surface area contributed by atoms with Crippen LogP contribution in [0.2, 0.25) is 0 Å². The third-order valence-corrected chi connectivity index (χ3v) is 4.34. The van der Waals surface area contributed by atoms with E-state index in [9.17, 15) is 4.79 Å². The van der Waals surface area contributed by atoms with Crippen molar-refractivity contribution < 1.29 is 14.3 Å². The monoisotopic (exact) mass is 333 g/mol. The molecule has 2 aromatic rings. The van der Waals surface area contributed by atoms with E-state index in [-0.39, 0.29) is 18.1 Å². The minimum atomic E-state index is -0.248. The molecule has 3 N–H and O–H groups in total. The number of rotatable bonds is 5. The van der Waals surface area contributed by atoms with Crippen molar-refractivity contribution in [3.05, 3.63) is 47.0 Å². The normalized spacial score (nSPS) is 21.0. The number of ether oxygens (including phenoxy) is 2. The Hall–Kier alpha value is -1.96. The third-order valence-electron chi connectivity index (χ3n) is 3.67. The van der Waals surface area contributed by atoms with Gasteiger partial charge in [0.15, 0.2) is 5.13 Å². The van der Waals surface area contributed by atoms with E-state index in [1.165, 1.54) is 11.3 Å². The van der Waals surface area contributed by atoms with Crippen molar-refractivity contribution >= 4 is 22.4 Å². The molecule has 0 unspecified atom stereocenters. The molecule has 1 aliphatic heterocycles. The Bertz CT molecular complexity index is 647. The quantitative estimate of drug-likeness (QED) is 0.872. The molecule has 0 bridgehead atoms. The maximum Gasteiger partial charge on any atom is 0.271 e. The van der Waals surface area contributed by atoms with Gasteiger partial charge in [-0.2, -0.15) is 0 Å². The first-order valence-corrected chi connectivity index (χ1v) is 8.35. The Kier molecular flexibility index (Phi) is 5.22. The van der Waals surface area contributed by atoms with Gasteiger partial charge in [0, 0.05) is 12.0 Å². The van der Waals surface area contributed by atoms with Crippen molar-refractivity contribution in [1.29, 1.82) is 0 Å². The zero-order valence-electron chi connectivity index (χ0n) is 12.6. The summed E-state index contributed by atoms with van der Waals surface area (Å²) in [5.74, 6) is -0.248. The van der Waals surface area contributed by atoms with E-state index in [1.54, 1.807) is 5.38 Å². The summed E-state index contributed by atoms with van der Waals surface area (Å²) in [6.45, 7) is 1.59. The number of benzene rings is 1. The molecule has 0 saturated carbocycles. The van der Waals surface area contributed by atoms with Gasteiger partial charge in [-0.1, -0.05) is 30.3 Å². The Morgan fingerprint density at radius 1 is 1.43 bits per heavy atom. The predicted molar refractivity (Wildman–Crippen MR) is 88.2 cm³/mol. The summed E-state index contributed by atoms with van der Waals surface area (Å²) in [5, 5.41) is 4.96. The standard InChI is InChI=1S/C16H19N3O3S/c17-16-19-13(10-23-16)15(20)18-12-9-21-7-6-14(12)22-8-11-4-2-1-3-5-11/h1-5,10,12,14H,6-9H2,(H2,17,19)(H,18,20)/t12-,14+/m1/s1.